The number of aromatic nitrogens is 2. The molecule has 3 N–H and O–H groups in total. The molecule has 1 aliphatic heterocycles. The molecule has 2 aromatic rings. The van der Waals surface area contributed by atoms with Gasteiger partial charge in [0.2, 0.25) is 0 Å². The molecule has 1 aromatic heterocycles. The third kappa shape index (κ3) is 2.67. The fourth-order valence-electron chi connectivity index (χ4n) is 2.38. The molecule has 0 atom stereocenters. The highest BCUT2D eigenvalue weighted by Gasteiger charge is 2.23. The largest absolute Gasteiger partial charge is 0.486 e. The van der Waals surface area contributed by atoms with Gasteiger partial charge < -0.3 is 25.2 Å². The molecular weight excluding hydrogens is 289 g/mol. The van der Waals surface area contributed by atoms with Gasteiger partial charge in [-0.3, -0.25) is 0 Å². The average molecular weight is 305 g/mol. The summed E-state index contributed by atoms with van der Waals surface area (Å²) >= 11 is 0. The van der Waals surface area contributed by atoms with E-state index in [4.69, 9.17) is 10.5 Å². The quantitative estimate of drug-likeness (QED) is 0.503. The number of aromatic amines is 1. The van der Waals surface area contributed by atoms with Crippen LogP contribution < -0.4 is 15.4 Å². The second-order valence-electron chi connectivity index (χ2n) is 4.81. The number of oxime groups is 1. The number of anilines is 1. The number of H-pyrrole nitrogens is 1. The van der Waals surface area contributed by atoms with Gasteiger partial charge in [0.25, 0.3) is 0 Å². The summed E-state index contributed by atoms with van der Waals surface area (Å²) in [7, 11) is 1.38. The lowest BCUT2D eigenvalue weighted by atomic mass is 10.1. The van der Waals surface area contributed by atoms with Crippen molar-refractivity contribution in [1.82, 2.24) is 9.97 Å². The van der Waals surface area contributed by atoms with Gasteiger partial charge >= 0.3 is 0 Å². The molecule has 8 heteroatoms. The van der Waals surface area contributed by atoms with E-state index >= 15 is 0 Å². The number of ether oxygens (including phenoxy) is 1. The van der Waals surface area contributed by atoms with E-state index in [-0.39, 0.29) is 11.6 Å². The van der Waals surface area contributed by atoms with Gasteiger partial charge in [0.1, 0.15) is 13.7 Å². The molecule has 0 aliphatic carbocycles. The highest BCUT2D eigenvalue weighted by molar-refractivity contribution is 5.98. The first-order chi connectivity index (χ1) is 10.7. The van der Waals surface area contributed by atoms with E-state index in [0.29, 0.717) is 30.9 Å². The van der Waals surface area contributed by atoms with Crippen LogP contribution in [0.3, 0.4) is 0 Å². The van der Waals surface area contributed by atoms with Gasteiger partial charge in [-0.15, -0.1) is 0 Å². The fraction of sp³-hybridized carbons (Fsp3) is 0.286. The number of nitrogens with two attached hydrogens (primary N) is 1. The Hall–Kier alpha value is -2.77. The summed E-state index contributed by atoms with van der Waals surface area (Å²) in [5.41, 5.74) is 7.77. The maximum absolute atomic E-state index is 14.3. The number of nitrogens with zero attached hydrogens (tertiary/aromatic N) is 3. The van der Waals surface area contributed by atoms with Crippen molar-refractivity contribution in [3.05, 3.63) is 41.7 Å². The van der Waals surface area contributed by atoms with Crippen molar-refractivity contribution in [3.8, 4) is 5.75 Å². The Kier molecular flexibility index (Phi) is 3.82. The predicted molar refractivity (Wildman–Crippen MR) is 79.3 cm³/mol. The smallest absolute Gasteiger partial charge is 0.178 e. The third-order valence-corrected chi connectivity index (χ3v) is 3.37. The van der Waals surface area contributed by atoms with E-state index in [9.17, 15) is 4.39 Å². The van der Waals surface area contributed by atoms with E-state index < -0.39 is 5.82 Å². The van der Waals surface area contributed by atoms with Crippen molar-refractivity contribution >= 4 is 11.5 Å². The minimum atomic E-state index is -0.476. The summed E-state index contributed by atoms with van der Waals surface area (Å²) in [5.74, 6) is -0.146. The highest BCUT2D eigenvalue weighted by Crippen LogP contribution is 2.36. The molecule has 2 heterocycles. The number of fused-ring (bicyclic) bond motifs is 1. The number of nitrogens with one attached hydrogen (secondary N) is 1. The molecule has 7 nitrogen and oxygen atoms in total. The number of amidine groups is 1. The summed E-state index contributed by atoms with van der Waals surface area (Å²) in [6, 6.07) is 3.03. The SMILES string of the molecule is CON=C(N)c1cc(F)c2c(c1)N(Cc1cnc[nH]1)CCO2. The lowest BCUT2D eigenvalue weighted by Crippen LogP contribution is -2.33. The number of halogens is 1. The van der Waals surface area contributed by atoms with Crippen molar-refractivity contribution < 1.29 is 14.0 Å². The van der Waals surface area contributed by atoms with Gasteiger partial charge in [0.05, 0.1) is 30.8 Å². The molecule has 1 aliphatic rings. The minimum Gasteiger partial charge on any atom is -0.486 e. The van der Waals surface area contributed by atoms with Crippen LogP contribution in [0.25, 0.3) is 0 Å². The van der Waals surface area contributed by atoms with Gasteiger partial charge in [0, 0.05) is 11.8 Å². The van der Waals surface area contributed by atoms with E-state index in [2.05, 4.69) is 20.0 Å². The van der Waals surface area contributed by atoms with Gasteiger partial charge in [-0.25, -0.2) is 9.37 Å². The number of benzene rings is 1. The lowest BCUT2D eigenvalue weighted by molar-refractivity contribution is 0.213. The first kappa shape index (κ1) is 14.2. The number of imidazole rings is 1. The second kappa shape index (κ2) is 5.92. The zero-order valence-corrected chi connectivity index (χ0v) is 12.0. The van der Waals surface area contributed by atoms with E-state index in [0.717, 1.165) is 5.69 Å². The first-order valence-electron chi connectivity index (χ1n) is 6.74. The normalized spacial score (nSPS) is 14.5. The summed E-state index contributed by atoms with van der Waals surface area (Å²) in [5, 5.41) is 3.64. The monoisotopic (exact) mass is 305 g/mol. The van der Waals surface area contributed by atoms with Crippen molar-refractivity contribution in [2.45, 2.75) is 6.54 Å². The molecule has 3 rings (SSSR count). The van der Waals surface area contributed by atoms with Crippen molar-refractivity contribution in [3.63, 3.8) is 0 Å². The van der Waals surface area contributed by atoms with Crippen LogP contribution in [0.15, 0.2) is 29.8 Å². The Morgan fingerprint density at radius 3 is 3.18 bits per heavy atom. The molecule has 0 radical (unpaired) electrons. The number of hydrogen-bond donors (Lipinski definition) is 2. The van der Waals surface area contributed by atoms with Gasteiger partial charge in [0.15, 0.2) is 17.4 Å². The van der Waals surface area contributed by atoms with Crippen molar-refractivity contribution in [2.75, 3.05) is 25.2 Å². The second-order valence-corrected chi connectivity index (χ2v) is 4.81. The summed E-state index contributed by atoms with van der Waals surface area (Å²) in [4.78, 5) is 13.7. The van der Waals surface area contributed by atoms with E-state index in [1.165, 1.54) is 13.2 Å². The van der Waals surface area contributed by atoms with Crippen LogP contribution in [0.5, 0.6) is 5.75 Å². The van der Waals surface area contributed by atoms with Crippen LogP contribution in [0, 0.1) is 5.82 Å². The predicted octanol–water partition coefficient (Wildman–Crippen LogP) is 1.21. The molecule has 0 unspecified atom stereocenters. The standard InChI is InChI=1S/C14H16FN5O2/c1-21-19-14(16)9-4-11(15)13-12(5-9)20(2-3-22-13)7-10-6-17-8-18-10/h4-6,8H,2-3,7H2,1H3,(H2,16,19)(H,17,18). The minimum absolute atomic E-state index is 0.108. The molecule has 116 valence electrons. The number of hydrogen-bond acceptors (Lipinski definition) is 5. The zero-order chi connectivity index (χ0) is 15.5. The number of rotatable bonds is 4. The van der Waals surface area contributed by atoms with Gasteiger partial charge in [-0.1, -0.05) is 5.16 Å². The molecule has 0 saturated carbocycles. The van der Waals surface area contributed by atoms with Crippen molar-refractivity contribution in [1.29, 1.82) is 0 Å². The summed E-state index contributed by atoms with van der Waals surface area (Å²) in [6.45, 7) is 1.62. The maximum Gasteiger partial charge on any atom is 0.178 e. The Labute approximate surface area is 126 Å². The van der Waals surface area contributed by atoms with Crippen LogP contribution in [-0.4, -0.2) is 36.1 Å². The molecule has 0 fully saturated rings. The molecule has 22 heavy (non-hydrogen) atoms. The van der Waals surface area contributed by atoms with Crippen LogP contribution in [0.4, 0.5) is 10.1 Å². The van der Waals surface area contributed by atoms with Crippen LogP contribution in [0.1, 0.15) is 11.3 Å². The van der Waals surface area contributed by atoms with E-state index in [1.54, 1.807) is 18.6 Å². The molecule has 0 amide bonds. The maximum atomic E-state index is 14.3. The first-order valence-corrected chi connectivity index (χ1v) is 6.74. The lowest BCUT2D eigenvalue weighted by Gasteiger charge is -2.31. The Bertz CT molecular complexity index is 687. The van der Waals surface area contributed by atoms with Crippen LogP contribution in [-0.2, 0) is 11.4 Å². The molecule has 0 saturated heterocycles. The van der Waals surface area contributed by atoms with Crippen molar-refractivity contribution in [2.24, 2.45) is 10.9 Å². The molecule has 0 bridgehead atoms. The van der Waals surface area contributed by atoms with Gasteiger partial charge in [-0.2, -0.15) is 0 Å². The Morgan fingerprint density at radius 1 is 1.59 bits per heavy atom. The highest BCUT2D eigenvalue weighted by atomic mass is 19.1. The van der Waals surface area contributed by atoms with Crippen LogP contribution in [0.2, 0.25) is 0 Å². The zero-order valence-electron chi connectivity index (χ0n) is 12.0. The Morgan fingerprint density at radius 2 is 2.45 bits per heavy atom. The van der Waals surface area contributed by atoms with Gasteiger partial charge in [-0.05, 0) is 12.1 Å². The topological polar surface area (TPSA) is 88.8 Å². The van der Waals surface area contributed by atoms with Crippen LogP contribution >= 0.6 is 0 Å². The Balaban J connectivity index is 1.98. The molecule has 1 aromatic carbocycles. The molecular formula is C14H16FN5O2. The third-order valence-electron chi connectivity index (χ3n) is 3.37. The van der Waals surface area contributed by atoms with E-state index in [1.807, 2.05) is 4.90 Å². The summed E-state index contributed by atoms with van der Waals surface area (Å²) in [6.07, 6.45) is 3.34. The fourth-order valence-corrected chi connectivity index (χ4v) is 2.38. The average Bonchev–Trinajstić information content (AvgIpc) is 3.01. The molecule has 0 spiro atoms. The summed E-state index contributed by atoms with van der Waals surface area (Å²) < 4.78 is 19.7.